The summed E-state index contributed by atoms with van der Waals surface area (Å²) in [7, 11) is -3.82. The molecule has 1 spiro atoms. The molecule has 0 saturated carbocycles. The average molecular weight is 461 g/mol. The molecule has 8 nitrogen and oxygen atoms in total. The van der Waals surface area contributed by atoms with E-state index in [4.69, 9.17) is 25.8 Å². The van der Waals surface area contributed by atoms with Gasteiger partial charge in [0.15, 0.2) is 15.6 Å². The highest BCUT2D eigenvalue weighted by atomic mass is 35.5. The number of rotatable bonds is 7. The Labute approximate surface area is 180 Å². The molecule has 0 bridgehead atoms. The Morgan fingerprint density at radius 1 is 1.23 bits per heavy atom. The number of sulfone groups is 1. The van der Waals surface area contributed by atoms with Crippen LogP contribution in [0.1, 0.15) is 25.3 Å². The third-order valence-electron chi connectivity index (χ3n) is 5.21. The van der Waals surface area contributed by atoms with Crippen LogP contribution in [0, 0.1) is 0 Å². The zero-order valence-corrected chi connectivity index (χ0v) is 18.1. The molecular weight excluding hydrogens is 436 g/mol. The number of hydrogen-bond donors (Lipinski definition) is 2. The van der Waals surface area contributed by atoms with Crippen LogP contribution in [-0.2, 0) is 34.6 Å². The van der Waals surface area contributed by atoms with Crippen molar-refractivity contribution < 1.29 is 37.6 Å². The van der Waals surface area contributed by atoms with E-state index in [9.17, 15) is 23.4 Å². The molecule has 10 heteroatoms. The SMILES string of the molecule is CCOC(=O)C1=CC2(CC[C@H]1S(=O)(=O)Cc1ccccc1Cl)O[C@@H](CO)[C@H](CO)O2. The fraction of sp³-hybridized carbons (Fsp3) is 0.550. The second kappa shape index (κ2) is 9.33. The largest absolute Gasteiger partial charge is 0.463 e. The molecule has 0 unspecified atom stereocenters. The summed E-state index contributed by atoms with van der Waals surface area (Å²) in [5.74, 6) is -2.51. The van der Waals surface area contributed by atoms with Crippen molar-refractivity contribution in [3.8, 4) is 0 Å². The van der Waals surface area contributed by atoms with Crippen LogP contribution in [0.5, 0.6) is 0 Å². The van der Waals surface area contributed by atoms with Gasteiger partial charge in [0.1, 0.15) is 12.2 Å². The highest BCUT2D eigenvalue weighted by Crippen LogP contribution is 2.41. The van der Waals surface area contributed by atoms with Crippen molar-refractivity contribution in [2.75, 3.05) is 19.8 Å². The van der Waals surface area contributed by atoms with Crippen molar-refractivity contribution in [3.05, 3.63) is 46.5 Å². The summed E-state index contributed by atoms with van der Waals surface area (Å²) < 4.78 is 43.0. The summed E-state index contributed by atoms with van der Waals surface area (Å²) in [5, 5.41) is 18.2. The third-order valence-corrected chi connectivity index (χ3v) is 7.65. The number of carbonyl (C=O) groups excluding carboxylic acids is 1. The normalized spacial score (nSPS) is 25.9. The molecule has 0 amide bonds. The number of hydrogen-bond acceptors (Lipinski definition) is 8. The molecular formula is C20H25ClO8S. The van der Waals surface area contributed by atoms with E-state index in [1.165, 1.54) is 6.08 Å². The smallest absolute Gasteiger partial charge is 0.335 e. The number of benzene rings is 1. The van der Waals surface area contributed by atoms with E-state index in [1.807, 2.05) is 0 Å². The Bertz CT molecular complexity index is 901. The summed E-state index contributed by atoms with van der Waals surface area (Å²) in [6.45, 7) is 0.921. The molecule has 2 N–H and O–H groups in total. The molecule has 166 valence electrons. The van der Waals surface area contributed by atoms with Gasteiger partial charge in [0.05, 0.1) is 36.4 Å². The van der Waals surface area contributed by atoms with Gasteiger partial charge in [-0.1, -0.05) is 29.8 Å². The number of aliphatic hydroxyl groups excluding tert-OH is 2. The summed E-state index contributed by atoms with van der Waals surface area (Å²) >= 11 is 6.12. The third kappa shape index (κ3) is 4.71. The Kier molecular flexibility index (Phi) is 7.21. The van der Waals surface area contributed by atoms with Crippen LogP contribution in [0.4, 0.5) is 0 Å². The van der Waals surface area contributed by atoms with Crippen molar-refractivity contribution >= 4 is 27.4 Å². The first-order chi connectivity index (χ1) is 14.2. The van der Waals surface area contributed by atoms with Crippen LogP contribution in [0.2, 0.25) is 5.02 Å². The molecule has 2 aliphatic rings. The van der Waals surface area contributed by atoms with Crippen molar-refractivity contribution in [1.29, 1.82) is 0 Å². The van der Waals surface area contributed by atoms with Gasteiger partial charge in [0, 0.05) is 11.4 Å². The molecule has 1 aliphatic carbocycles. The average Bonchev–Trinajstić information content (AvgIpc) is 3.06. The number of halogens is 1. The van der Waals surface area contributed by atoms with Crippen LogP contribution >= 0.6 is 11.6 Å². The van der Waals surface area contributed by atoms with Gasteiger partial charge < -0.3 is 24.4 Å². The van der Waals surface area contributed by atoms with Gasteiger partial charge in [-0.2, -0.15) is 0 Å². The van der Waals surface area contributed by atoms with E-state index in [1.54, 1.807) is 31.2 Å². The Morgan fingerprint density at radius 3 is 2.43 bits per heavy atom. The molecule has 1 aromatic rings. The predicted molar refractivity (Wildman–Crippen MR) is 108 cm³/mol. The van der Waals surface area contributed by atoms with Crippen LogP contribution < -0.4 is 0 Å². The lowest BCUT2D eigenvalue weighted by atomic mass is 9.94. The second-order valence-corrected chi connectivity index (χ2v) is 9.83. The molecule has 1 aliphatic heterocycles. The molecule has 30 heavy (non-hydrogen) atoms. The minimum absolute atomic E-state index is 0.0493. The first-order valence-corrected chi connectivity index (χ1v) is 11.8. The predicted octanol–water partition coefficient (Wildman–Crippen LogP) is 1.37. The number of ether oxygens (including phenoxy) is 3. The maximum atomic E-state index is 13.2. The lowest BCUT2D eigenvalue weighted by molar-refractivity contribution is -0.154. The van der Waals surface area contributed by atoms with Crippen LogP contribution in [0.15, 0.2) is 35.9 Å². The molecule has 1 saturated heterocycles. The van der Waals surface area contributed by atoms with E-state index >= 15 is 0 Å². The van der Waals surface area contributed by atoms with E-state index in [-0.39, 0.29) is 44.0 Å². The van der Waals surface area contributed by atoms with Gasteiger partial charge in [-0.15, -0.1) is 0 Å². The summed E-state index contributed by atoms with van der Waals surface area (Å²) in [5.41, 5.74) is 0.363. The van der Waals surface area contributed by atoms with Crippen molar-refractivity contribution in [1.82, 2.24) is 0 Å². The first kappa shape index (κ1) is 23.2. The van der Waals surface area contributed by atoms with E-state index in [0.29, 0.717) is 10.6 Å². The van der Waals surface area contributed by atoms with Crippen LogP contribution in [0.3, 0.4) is 0 Å². The standard InChI is InChI=1S/C20H25ClO8S/c1-2-27-19(24)14-9-20(28-16(10-22)17(11-23)29-20)8-7-18(14)30(25,26)12-13-5-3-4-6-15(13)21/h3-6,9,16-18,22-23H,2,7-8,10-12H2,1H3/t16-,17-,18+/m0/s1. The molecule has 0 aromatic heterocycles. The highest BCUT2D eigenvalue weighted by molar-refractivity contribution is 7.91. The Morgan fingerprint density at radius 2 is 1.87 bits per heavy atom. The fourth-order valence-corrected chi connectivity index (χ4v) is 5.98. The second-order valence-electron chi connectivity index (χ2n) is 7.24. The minimum Gasteiger partial charge on any atom is -0.463 e. The molecule has 1 heterocycles. The molecule has 1 aromatic carbocycles. The Balaban J connectivity index is 1.95. The Hall–Kier alpha value is -1.49. The zero-order valence-electron chi connectivity index (χ0n) is 16.5. The molecule has 3 rings (SSSR count). The van der Waals surface area contributed by atoms with Crippen molar-refractivity contribution in [2.45, 2.75) is 48.8 Å². The summed E-state index contributed by atoms with van der Waals surface area (Å²) in [6.07, 6.45) is -0.0676. The van der Waals surface area contributed by atoms with Gasteiger partial charge in [0.25, 0.3) is 0 Å². The molecule has 0 radical (unpaired) electrons. The van der Waals surface area contributed by atoms with Crippen molar-refractivity contribution in [3.63, 3.8) is 0 Å². The van der Waals surface area contributed by atoms with Crippen molar-refractivity contribution in [2.24, 2.45) is 0 Å². The number of esters is 1. The highest BCUT2D eigenvalue weighted by Gasteiger charge is 2.51. The lowest BCUT2D eigenvalue weighted by Gasteiger charge is -2.33. The van der Waals surface area contributed by atoms with E-state index < -0.39 is 39.1 Å². The maximum Gasteiger partial charge on any atom is 0.335 e. The molecule has 3 atom stereocenters. The number of carbonyl (C=O) groups is 1. The van der Waals surface area contributed by atoms with Gasteiger partial charge in [-0.3, -0.25) is 0 Å². The van der Waals surface area contributed by atoms with Gasteiger partial charge in [-0.05, 0) is 31.1 Å². The number of aliphatic hydroxyl groups is 2. The lowest BCUT2D eigenvalue weighted by Crippen LogP contribution is -2.41. The topological polar surface area (TPSA) is 119 Å². The van der Waals surface area contributed by atoms with Gasteiger partial charge in [0.2, 0.25) is 0 Å². The first-order valence-electron chi connectivity index (χ1n) is 9.67. The zero-order chi connectivity index (χ0) is 21.9. The summed E-state index contributed by atoms with van der Waals surface area (Å²) in [4.78, 5) is 12.6. The summed E-state index contributed by atoms with van der Waals surface area (Å²) in [6, 6.07) is 6.63. The maximum absolute atomic E-state index is 13.2. The minimum atomic E-state index is -3.82. The van der Waals surface area contributed by atoms with Gasteiger partial charge in [-0.25, -0.2) is 13.2 Å². The van der Waals surface area contributed by atoms with E-state index in [2.05, 4.69) is 0 Å². The van der Waals surface area contributed by atoms with Crippen LogP contribution in [0.25, 0.3) is 0 Å². The quantitative estimate of drug-likeness (QED) is 0.585. The van der Waals surface area contributed by atoms with E-state index in [0.717, 1.165) is 0 Å². The van der Waals surface area contributed by atoms with Crippen LogP contribution in [-0.4, -0.2) is 67.7 Å². The van der Waals surface area contributed by atoms with Gasteiger partial charge >= 0.3 is 5.97 Å². The monoisotopic (exact) mass is 460 g/mol. The fourth-order valence-electron chi connectivity index (χ4n) is 3.79. The molecule has 1 fully saturated rings.